The van der Waals surface area contributed by atoms with Crippen LogP contribution < -0.4 is 26.0 Å². The van der Waals surface area contributed by atoms with Crippen LogP contribution in [-0.4, -0.2) is 71.4 Å². The monoisotopic (exact) mass is 709 g/mol. The van der Waals surface area contributed by atoms with Gasteiger partial charge < -0.3 is 30.9 Å². The number of aromatic nitrogens is 2. The van der Waals surface area contributed by atoms with E-state index in [-0.39, 0.29) is 23.8 Å². The van der Waals surface area contributed by atoms with Gasteiger partial charge in [0.25, 0.3) is 5.91 Å². The highest BCUT2D eigenvalue weighted by atomic mass is 35.5. The van der Waals surface area contributed by atoms with E-state index in [4.69, 9.17) is 16.3 Å². The van der Waals surface area contributed by atoms with Crippen LogP contribution in [0.25, 0.3) is 22.4 Å². The summed E-state index contributed by atoms with van der Waals surface area (Å²) in [4.78, 5) is 47.2. The Labute approximate surface area is 303 Å². The Bertz CT molecular complexity index is 1890. The molecule has 2 aromatic carbocycles. The minimum Gasteiger partial charge on any atom is -0.496 e. The number of likely N-dealkylation sites (tertiary alicyclic amines) is 1. The number of rotatable bonds is 12. The van der Waals surface area contributed by atoms with Gasteiger partial charge in [0.1, 0.15) is 11.4 Å². The van der Waals surface area contributed by atoms with E-state index in [1.54, 1.807) is 32.5 Å². The molecule has 11 nitrogen and oxygen atoms in total. The second-order valence-corrected chi connectivity index (χ2v) is 13.5. The van der Waals surface area contributed by atoms with Crippen molar-refractivity contribution in [3.63, 3.8) is 0 Å². The highest BCUT2D eigenvalue weighted by Crippen LogP contribution is 2.39. The lowest BCUT2D eigenvalue weighted by Crippen LogP contribution is -2.43. The van der Waals surface area contributed by atoms with E-state index in [2.05, 4.69) is 31.2 Å². The third kappa shape index (κ3) is 8.73. The van der Waals surface area contributed by atoms with Gasteiger partial charge in [-0.15, -0.1) is 0 Å². The summed E-state index contributed by atoms with van der Waals surface area (Å²) in [7, 11) is 1.66. The molecule has 0 unspecified atom stereocenters. The minimum atomic E-state index is -0.312. The molecule has 1 atom stereocenters. The number of amides is 3. The van der Waals surface area contributed by atoms with E-state index in [0.29, 0.717) is 54.2 Å². The standard InChI is InChI=1S/C39H44ClN7O4/c1-24-31(5-4-6-33(24)46-39(50)34-11-7-26(21-44-34)20-41-23-30-10-12-36(49)45-30)32-13-16-42-38(37(32)40)27-8-9-28(35(19-27)51-3)22-43-29-14-17-47(18-15-29)25(2)48/h4-9,11,13,16,19,21,29-30,41,43H,10,12,14-15,17-18,20,22-23H2,1-3H3,(H,45,49)(H,46,50)/t30-/m1/s1. The third-order valence-electron chi connectivity index (χ3n) is 9.71. The maximum Gasteiger partial charge on any atom is 0.274 e. The smallest absolute Gasteiger partial charge is 0.274 e. The predicted molar refractivity (Wildman–Crippen MR) is 199 cm³/mol. The van der Waals surface area contributed by atoms with Crippen LogP contribution in [0.4, 0.5) is 5.69 Å². The van der Waals surface area contributed by atoms with Crippen molar-refractivity contribution in [2.45, 2.75) is 64.7 Å². The Hall–Kier alpha value is -4.84. The van der Waals surface area contributed by atoms with Crippen molar-refractivity contribution in [2.24, 2.45) is 0 Å². The number of benzene rings is 2. The van der Waals surface area contributed by atoms with E-state index in [0.717, 1.165) is 71.5 Å². The average molecular weight is 710 g/mol. The Kier molecular flexibility index (Phi) is 11.6. The van der Waals surface area contributed by atoms with Crippen molar-refractivity contribution in [2.75, 3.05) is 32.1 Å². The van der Waals surface area contributed by atoms with Gasteiger partial charge in [0.15, 0.2) is 0 Å². The molecule has 4 aromatic rings. The number of hydrogen-bond acceptors (Lipinski definition) is 8. The van der Waals surface area contributed by atoms with Crippen molar-refractivity contribution in [3.05, 3.63) is 94.4 Å². The molecule has 2 aromatic heterocycles. The highest BCUT2D eigenvalue weighted by Gasteiger charge is 2.22. The SMILES string of the molecule is COc1cc(-c2nccc(-c3cccc(NC(=O)c4ccc(CNC[C@H]5CCC(=O)N5)cn4)c3C)c2Cl)ccc1CNC1CCN(C(C)=O)CC1. The van der Waals surface area contributed by atoms with Crippen LogP contribution in [0, 0.1) is 6.92 Å². The van der Waals surface area contributed by atoms with Crippen molar-refractivity contribution >= 4 is 35.0 Å². The Balaban J connectivity index is 1.11. The third-order valence-corrected chi connectivity index (χ3v) is 10.1. The van der Waals surface area contributed by atoms with Gasteiger partial charge in [0.05, 0.1) is 17.8 Å². The normalized spacial score (nSPS) is 16.2. The second kappa shape index (κ2) is 16.5. The lowest BCUT2D eigenvalue weighted by molar-refractivity contribution is -0.130. The number of halogens is 1. The summed E-state index contributed by atoms with van der Waals surface area (Å²) in [6.45, 7) is 7.04. The largest absolute Gasteiger partial charge is 0.496 e. The molecule has 2 aliphatic heterocycles. The first kappa shape index (κ1) is 36.0. The van der Waals surface area contributed by atoms with E-state index >= 15 is 0 Å². The molecule has 51 heavy (non-hydrogen) atoms. The van der Waals surface area contributed by atoms with Crippen molar-refractivity contribution in [3.8, 4) is 28.1 Å². The maximum absolute atomic E-state index is 13.2. The topological polar surface area (TPSA) is 138 Å². The van der Waals surface area contributed by atoms with Crippen LogP contribution in [0.3, 0.4) is 0 Å². The van der Waals surface area contributed by atoms with Crippen LogP contribution >= 0.6 is 11.6 Å². The molecule has 6 rings (SSSR count). The van der Waals surface area contributed by atoms with Gasteiger partial charge >= 0.3 is 0 Å². The molecular weight excluding hydrogens is 666 g/mol. The number of ether oxygens (including phenoxy) is 1. The molecule has 0 saturated carbocycles. The fourth-order valence-corrected chi connectivity index (χ4v) is 7.00. The zero-order valence-electron chi connectivity index (χ0n) is 29.2. The van der Waals surface area contributed by atoms with Gasteiger partial charge in [-0.25, -0.2) is 0 Å². The first-order chi connectivity index (χ1) is 24.7. The van der Waals surface area contributed by atoms with Gasteiger partial charge in [0, 0.05) is 92.9 Å². The number of carbonyl (C=O) groups excluding carboxylic acids is 3. The summed E-state index contributed by atoms with van der Waals surface area (Å²) in [5.74, 6) is 0.654. The fourth-order valence-electron chi connectivity index (χ4n) is 6.68. The quantitative estimate of drug-likeness (QED) is 0.151. The zero-order chi connectivity index (χ0) is 35.9. The van der Waals surface area contributed by atoms with Gasteiger partial charge in [-0.2, -0.15) is 0 Å². The Morgan fingerprint density at radius 2 is 1.84 bits per heavy atom. The van der Waals surface area contributed by atoms with Gasteiger partial charge in [0.2, 0.25) is 11.8 Å². The summed E-state index contributed by atoms with van der Waals surface area (Å²) >= 11 is 7.07. The Morgan fingerprint density at radius 3 is 2.55 bits per heavy atom. The Morgan fingerprint density at radius 1 is 1.02 bits per heavy atom. The summed E-state index contributed by atoms with van der Waals surface area (Å²) in [5, 5.41) is 13.4. The molecule has 4 heterocycles. The van der Waals surface area contributed by atoms with Gasteiger partial charge in [-0.3, -0.25) is 24.4 Å². The van der Waals surface area contributed by atoms with Crippen LogP contribution in [0.1, 0.15) is 59.8 Å². The minimum absolute atomic E-state index is 0.0975. The van der Waals surface area contributed by atoms with E-state index < -0.39 is 0 Å². The molecule has 0 aliphatic carbocycles. The molecule has 266 valence electrons. The number of nitrogens with zero attached hydrogens (tertiary/aromatic N) is 3. The highest BCUT2D eigenvalue weighted by molar-refractivity contribution is 6.35. The molecular formula is C39H44ClN7O4. The molecule has 2 saturated heterocycles. The van der Waals surface area contributed by atoms with Crippen LogP contribution in [0.5, 0.6) is 5.75 Å². The van der Waals surface area contributed by atoms with Gasteiger partial charge in [-0.1, -0.05) is 41.9 Å². The number of pyridine rings is 2. The molecule has 3 amide bonds. The van der Waals surface area contributed by atoms with Crippen LogP contribution in [0.2, 0.25) is 5.02 Å². The fraction of sp³-hybridized carbons (Fsp3) is 0.359. The molecule has 2 fully saturated rings. The molecule has 0 spiro atoms. The molecule has 0 bridgehead atoms. The van der Waals surface area contributed by atoms with Crippen molar-refractivity contribution in [1.29, 1.82) is 0 Å². The van der Waals surface area contributed by atoms with Crippen LogP contribution in [0.15, 0.2) is 67.0 Å². The number of carbonyl (C=O) groups is 3. The molecule has 4 N–H and O–H groups in total. The molecule has 12 heteroatoms. The van der Waals surface area contributed by atoms with Gasteiger partial charge in [-0.05, 0) is 67.1 Å². The number of anilines is 1. The predicted octanol–water partition coefficient (Wildman–Crippen LogP) is 5.50. The first-order valence-electron chi connectivity index (χ1n) is 17.4. The second-order valence-electron chi connectivity index (χ2n) is 13.1. The summed E-state index contributed by atoms with van der Waals surface area (Å²) in [6, 6.07) is 17.7. The number of hydrogen-bond donors (Lipinski definition) is 4. The number of methoxy groups -OCH3 is 1. The first-order valence-corrected chi connectivity index (χ1v) is 17.7. The maximum atomic E-state index is 13.2. The van der Waals surface area contributed by atoms with E-state index in [1.807, 2.05) is 60.4 Å². The van der Waals surface area contributed by atoms with Crippen molar-refractivity contribution < 1.29 is 19.1 Å². The summed E-state index contributed by atoms with van der Waals surface area (Å²) in [6.07, 6.45) is 6.68. The lowest BCUT2D eigenvalue weighted by atomic mass is 9.97. The van der Waals surface area contributed by atoms with E-state index in [1.165, 1.54) is 0 Å². The van der Waals surface area contributed by atoms with Crippen LogP contribution in [-0.2, 0) is 22.7 Å². The van der Waals surface area contributed by atoms with Crippen molar-refractivity contribution in [1.82, 2.24) is 30.8 Å². The molecule has 2 aliphatic rings. The molecule has 0 radical (unpaired) electrons. The summed E-state index contributed by atoms with van der Waals surface area (Å²) in [5.41, 5.74) is 6.92. The van der Waals surface area contributed by atoms with E-state index in [9.17, 15) is 14.4 Å². The summed E-state index contributed by atoms with van der Waals surface area (Å²) < 4.78 is 5.78. The number of nitrogens with one attached hydrogen (secondary N) is 4. The average Bonchev–Trinajstić information content (AvgIpc) is 3.56. The number of piperidine rings is 1. The lowest BCUT2D eigenvalue weighted by Gasteiger charge is -2.32. The zero-order valence-corrected chi connectivity index (χ0v) is 30.0.